The van der Waals surface area contributed by atoms with Gasteiger partial charge in [-0.15, -0.1) is 11.3 Å². The number of thiophene rings is 1. The van der Waals surface area contributed by atoms with Crippen LogP contribution < -0.4 is 15.1 Å². The number of rotatable bonds is 11. The maximum atomic E-state index is 13.1. The number of hydrogen-bond donors (Lipinski definition) is 2. The first-order valence-corrected chi connectivity index (χ1v) is 11.3. The number of benzene rings is 1. The van der Waals surface area contributed by atoms with Crippen LogP contribution in [0.1, 0.15) is 37.0 Å². The van der Waals surface area contributed by atoms with Crippen LogP contribution in [0.2, 0.25) is 0 Å². The van der Waals surface area contributed by atoms with Crippen LogP contribution in [0, 0.1) is 0 Å². The van der Waals surface area contributed by atoms with Crippen molar-refractivity contribution in [3.8, 4) is 16.2 Å². The summed E-state index contributed by atoms with van der Waals surface area (Å²) in [5.74, 6) is 0.356. The second-order valence-corrected chi connectivity index (χ2v) is 8.45. The minimum absolute atomic E-state index is 0.0260. The highest BCUT2D eigenvalue weighted by Gasteiger charge is 2.17. The molecule has 0 saturated carbocycles. The molecular weight excluding hydrogens is 426 g/mol. The average Bonchev–Trinajstić information content (AvgIpc) is 3.31. The molecule has 2 N–H and O–H groups in total. The Labute approximate surface area is 191 Å². The van der Waals surface area contributed by atoms with Gasteiger partial charge in [-0.2, -0.15) is 0 Å². The molecule has 0 aliphatic rings. The summed E-state index contributed by atoms with van der Waals surface area (Å²) in [5.41, 5.74) is 3.49. The predicted molar refractivity (Wildman–Crippen MR) is 125 cm³/mol. The van der Waals surface area contributed by atoms with E-state index in [2.05, 4.69) is 11.1 Å². The fourth-order valence-corrected chi connectivity index (χ4v) is 4.28. The zero-order valence-corrected chi connectivity index (χ0v) is 18.8. The second-order valence-electron chi connectivity index (χ2n) is 7.28. The molecule has 168 valence electrons. The molecule has 0 bridgehead atoms. The molecule has 0 saturated heterocycles. The summed E-state index contributed by atoms with van der Waals surface area (Å²) < 4.78 is 5.24. The lowest BCUT2D eigenvalue weighted by Crippen LogP contribution is -2.29. The maximum Gasteiger partial charge on any atom is 0.243 e. The molecule has 32 heavy (non-hydrogen) atoms. The van der Waals surface area contributed by atoms with Crippen molar-refractivity contribution in [2.24, 2.45) is 0 Å². The van der Waals surface area contributed by atoms with Gasteiger partial charge in [-0.3, -0.25) is 19.8 Å². The van der Waals surface area contributed by atoms with E-state index in [1.165, 1.54) is 0 Å². The van der Waals surface area contributed by atoms with Crippen LogP contribution in [0.4, 0.5) is 5.69 Å². The van der Waals surface area contributed by atoms with Crippen molar-refractivity contribution in [1.29, 1.82) is 0 Å². The molecule has 3 aromatic rings. The fraction of sp³-hybridized carbons (Fsp3) is 0.292. The lowest BCUT2D eigenvalue weighted by Gasteiger charge is -2.23. The SMILES string of the molecule is COc1ccc(N(Cc2ccc(-c3cccnc3)s2)C(=O)CCCCCC(=O)NO)cc1. The van der Waals surface area contributed by atoms with Crippen LogP contribution in [-0.2, 0) is 16.1 Å². The molecule has 7 nitrogen and oxygen atoms in total. The van der Waals surface area contributed by atoms with Gasteiger partial charge in [-0.25, -0.2) is 5.48 Å². The quantitative estimate of drug-likeness (QED) is 0.247. The Morgan fingerprint density at radius 2 is 1.84 bits per heavy atom. The third-order valence-corrected chi connectivity index (χ3v) is 6.15. The van der Waals surface area contributed by atoms with E-state index in [1.807, 2.05) is 48.7 Å². The van der Waals surface area contributed by atoms with Gasteiger partial charge >= 0.3 is 0 Å². The molecule has 0 unspecified atom stereocenters. The van der Waals surface area contributed by atoms with Gasteiger partial charge in [0, 0.05) is 46.2 Å². The number of carbonyl (C=O) groups excluding carboxylic acids is 2. The van der Waals surface area contributed by atoms with Crippen LogP contribution in [0.15, 0.2) is 60.9 Å². The number of methoxy groups -OCH3 is 1. The molecular formula is C24H27N3O4S. The molecule has 0 fully saturated rings. The van der Waals surface area contributed by atoms with Crippen molar-refractivity contribution >= 4 is 28.8 Å². The second kappa shape index (κ2) is 12.0. The molecule has 1 aromatic carbocycles. The van der Waals surface area contributed by atoms with Crippen LogP contribution in [0.3, 0.4) is 0 Å². The minimum Gasteiger partial charge on any atom is -0.497 e. The van der Waals surface area contributed by atoms with Gasteiger partial charge in [0.15, 0.2) is 0 Å². The van der Waals surface area contributed by atoms with Gasteiger partial charge in [-0.1, -0.05) is 12.5 Å². The van der Waals surface area contributed by atoms with E-state index >= 15 is 0 Å². The number of hydroxylamine groups is 1. The average molecular weight is 454 g/mol. The van der Waals surface area contributed by atoms with Crippen molar-refractivity contribution < 1.29 is 19.5 Å². The maximum absolute atomic E-state index is 13.1. The van der Waals surface area contributed by atoms with Gasteiger partial charge < -0.3 is 9.64 Å². The predicted octanol–water partition coefficient (Wildman–Crippen LogP) is 4.81. The van der Waals surface area contributed by atoms with Gasteiger partial charge in [0.1, 0.15) is 5.75 Å². The molecule has 2 amide bonds. The summed E-state index contributed by atoms with van der Waals surface area (Å²) in [4.78, 5) is 32.4. The standard InChI is InChI=1S/C24H27N3O4S/c1-31-20-11-9-19(10-12-20)27(24(29)8-4-2-3-7-23(28)26-30)17-21-13-14-22(32-21)18-6-5-15-25-16-18/h5-6,9-16,30H,2-4,7-8,17H2,1H3,(H,26,28). The van der Waals surface area contributed by atoms with Crippen LogP contribution in [0.5, 0.6) is 5.75 Å². The van der Waals surface area contributed by atoms with Crippen LogP contribution >= 0.6 is 11.3 Å². The molecule has 0 spiro atoms. The van der Waals surface area contributed by atoms with Gasteiger partial charge in [0.2, 0.25) is 11.8 Å². The summed E-state index contributed by atoms with van der Waals surface area (Å²) in [6.07, 6.45) is 6.25. The summed E-state index contributed by atoms with van der Waals surface area (Å²) in [6.45, 7) is 0.475. The molecule has 0 aliphatic carbocycles. The topological polar surface area (TPSA) is 91.8 Å². The third kappa shape index (κ3) is 6.63. The summed E-state index contributed by atoms with van der Waals surface area (Å²) in [6, 6.07) is 15.5. The Bertz CT molecular complexity index is 1010. The normalized spacial score (nSPS) is 10.6. The number of pyridine rings is 1. The number of hydrogen-bond acceptors (Lipinski definition) is 6. The summed E-state index contributed by atoms with van der Waals surface area (Å²) in [5, 5.41) is 8.56. The first kappa shape index (κ1) is 23.4. The molecule has 3 rings (SSSR count). The van der Waals surface area contributed by atoms with Gasteiger partial charge in [-0.05, 0) is 55.3 Å². The molecule has 0 aliphatic heterocycles. The third-order valence-electron chi connectivity index (χ3n) is 5.03. The van der Waals surface area contributed by atoms with E-state index in [0.29, 0.717) is 25.8 Å². The first-order chi connectivity index (χ1) is 15.6. The fourth-order valence-electron chi connectivity index (χ4n) is 3.30. The number of aromatic nitrogens is 1. The highest BCUT2D eigenvalue weighted by atomic mass is 32.1. The smallest absolute Gasteiger partial charge is 0.243 e. The highest BCUT2D eigenvalue weighted by molar-refractivity contribution is 7.15. The van der Waals surface area contributed by atoms with E-state index in [-0.39, 0.29) is 12.3 Å². The number of carbonyl (C=O) groups is 2. The Balaban J connectivity index is 1.69. The minimum atomic E-state index is -0.404. The van der Waals surface area contributed by atoms with Crippen molar-refractivity contribution in [2.45, 2.75) is 38.6 Å². The summed E-state index contributed by atoms with van der Waals surface area (Å²) in [7, 11) is 1.61. The van der Waals surface area contributed by atoms with E-state index in [1.54, 1.807) is 35.0 Å². The largest absolute Gasteiger partial charge is 0.497 e. The zero-order valence-electron chi connectivity index (χ0n) is 18.0. The van der Waals surface area contributed by atoms with Crippen molar-refractivity contribution in [2.75, 3.05) is 12.0 Å². The number of nitrogens with zero attached hydrogens (tertiary/aromatic N) is 2. The lowest BCUT2D eigenvalue weighted by molar-refractivity contribution is -0.129. The number of ether oxygens (including phenoxy) is 1. The number of unbranched alkanes of at least 4 members (excludes halogenated alkanes) is 2. The molecule has 2 aromatic heterocycles. The Kier molecular flexibility index (Phi) is 8.77. The van der Waals surface area contributed by atoms with Gasteiger partial charge in [0.05, 0.1) is 13.7 Å². The van der Waals surface area contributed by atoms with Crippen molar-refractivity contribution in [3.63, 3.8) is 0 Å². The number of amides is 2. The van der Waals surface area contributed by atoms with E-state index in [4.69, 9.17) is 9.94 Å². The van der Waals surface area contributed by atoms with E-state index in [9.17, 15) is 9.59 Å². The molecule has 2 heterocycles. The number of anilines is 1. The first-order valence-electron chi connectivity index (χ1n) is 10.5. The number of nitrogens with one attached hydrogen (secondary N) is 1. The van der Waals surface area contributed by atoms with Crippen molar-refractivity contribution in [1.82, 2.24) is 10.5 Å². The molecule has 0 atom stereocenters. The van der Waals surface area contributed by atoms with Crippen molar-refractivity contribution in [3.05, 3.63) is 65.8 Å². The zero-order chi connectivity index (χ0) is 22.8. The Morgan fingerprint density at radius 3 is 2.53 bits per heavy atom. The van der Waals surface area contributed by atoms with E-state index < -0.39 is 5.91 Å². The Morgan fingerprint density at radius 1 is 1.06 bits per heavy atom. The molecule has 0 radical (unpaired) electrons. The monoisotopic (exact) mass is 453 g/mol. The highest BCUT2D eigenvalue weighted by Crippen LogP contribution is 2.30. The van der Waals surface area contributed by atoms with E-state index in [0.717, 1.165) is 33.2 Å². The summed E-state index contributed by atoms with van der Waals surface area (Å²) >= 11 is 1.65. The molecule has 8 heteroatoms. The lowest BCUT2D eigenvalue weighted by atomic mass is 10.1. The van der Waals surface area contributed by atoms with Gasteiger partial charge in [0.25, 0.3) is 0 Å². The Hall–Kier alpha value is -3.23. The van der Waals surface area contributed by atoms with Crippen LogP contribution in [-0.4, -0.2) is 29.1 Å². The van der Waals surface area contributed by atoms with Crippen LogP contribution in [0.25, 0.3) is 10.4 Å².